The maximum atomic E-state index is 11.4. The Labute approximate surface area is 220 Å². The molecule has 2 aromatic carbocycles. The summed E-state index contributed by atoms with van der Waals surface area (Å²) in [5.74, 6) is 0. The SMILES string of the molecule is CCCCCCCCCCCCCCc1cc(S(=O)(=O)[O-])cc2ccccc12.[K+]. The molecule has 0 saturated carbocycles. The summed E-state index contributed by atoms with van der Waals surface area (Å²) >= 11 is 0. The molecule has 0 saturated heterocycles. The molecule has 0 aromatic heterocycles. The third kappa shape index (κ3) is 10.4. The number of aryl methyl sites for hydroxylation is 1. The van der Waals surface area contributed by atoms with Crippen LogP contribution in [0.25, 0.3) is 10.8 Å². The first-order valence-corrected chi connectivity index (χ1v) is 12.4. The quantitative estimate of drug-likeness (QED) is 0.252. The van der Waals surface area contributed by atoms with Crippen molar-refractivity contribution in [3.05, 3.63) is 42.0 Å². The maximum Gasteiger partial charge on any atom is 1.00 e. The summed E-state index contributed by atoms with van der Waals surface area (Å²) < 4.78 is 34.3. The van der Waals surface area contributed by atoms with Gasteiger partial charge in [-0.1, -0.05) is 102 Å². The second kappa shape index (κ2) is 15.1. The van der Waals surface area contributed by atoms with Gasteiger partial charge in [-0.05, 0) is 41.3 Å². The average molecular weight is 443 g/mol. The zero-order valence-electron chi connectivity index (χ0n) is 18.3. The van der Waals surface area contributed by atoms with E-state index in [1.165, 1.54) is 70.3 Å². The van der Waals surface area contributed by atoms with Gasteiger partial charge in [0, 0.05) is 0 Å². The molecule has 0 radical (unpaired) electrons. The molecule has 0 fully saturated rings. The van der Waals surface area contributed by atoms with Gasteiger partial charge in [-0.25, -0.2) is 8.42 Å². The summed E-state index contributed by atoms with van der Waals surface area (Å²) in [7, 11) is -4.42. The van der Waals surface area contributed by atoms with E-state index in [9.17, 15) is 13.0 Å². The van der Waals surface area contributed by atoms with Crippen molar-refractivity contribution in [2.24, 2.45) is 0 Å². The number of hydrogen-bond donors (Lipinski definition) is 0. The zero-order valence-corrected chi connectivity index (χ0v) is 22.2. The molecule has 0 N–H and O–H groups in total. The predicted molar refractivity (Wildman–Crippen MR) is 117 cm³/mol. The van der Waals surface area contributed by atoms with Gasteiger partial charge in [0.2, 0.25) is 0 Å². The monoisotopic (exact) mass is 442 g/mol. The fourth-order valence-corrected chi connectivity index (χ4v) is 4.43. The molecule has 3 nitrogen and oxygen atoms in total. The van der Waals surface area contributed by atoms with Crippen molar-refractivity contribution in [3.63, 3.8) is 0 Å². The summed E-state index contributed by atoms with van der Waals surface area (Å²) in [6, 6.07) is 10.8. The zero-order chi connectivity index (χ0) is 20.2. The molecule has 0 aliphatic heterocycles. The molecular formula is C24H35KO3S. The molecular weight excluding hydrogens is 407 g/mol. The smallest absolute Gasteiger partial charge is 0.744 e. The van der Waals surface area contributed by atoms with Crippen LogP contribution in [0.5, 0.6) is 0 Å². The molecule has 2 aromatic rings. The van der Waals surface area contributed by atoms with Crippen LogP contribution >= 0.6 is 0 Å². The Hall–Kier alpha value is 0.246. The van der Waals surface area contributed by atoms with Crippen LogP contribution in [0, 0.1) is 0 Å². The number of unbranched alkanes of at least 4 members (excludes halogenated alkanes) is 11. The number of fused-ring (bicyclic) bond motifs is 1. The molecule has 0 atom stereocenters. The fourth-order valence-electron chi connectivity index (χ4n) is 3.87. The van der Waals surface area contributed by atoms with Crippen LogP contribution in [-0.2, 0) is 16.5 Å². The van der Waals surface area contributed by atoms with E-state index < -0.39 is 10.1 Å². The Morgan fingerprint density at radius 2 is 1.28 bits per heavy atom. The van der Waals surface area contributed by atoms with E-state index in [1.807, 2.05) is 24.3 Å². The average Bonchev–Trinajstić information content (AvgIpc) is 2.68. The van der Waals surface area contributed by atoms with Crippen molar-refractivity contribution in [3.8, 4) is 0 Å². The van der Waals surface area contributed by atoms with Gasteiger partial charge in [-0.3, -0.25) is 0 Å². The van der Waals surface area contributed by atoms with Gasteiger partial charge in [0.15, 0.2) is 0 Å². The topological polar surface area (TPSA) is 57.2 Å². The number of rotatable bonds is 14. The van der Waals surface area contributed by atoms with Gasteiger partial charge in [0.1, 0.15) is 10.1 Å². The summed E-state index contributed by atoms with van der Waals surface area (Å²) in [6.07, 6.45) is 16.4. The second-order valence-corrected chi connectivity index (χ2v) is 9.28. The van der Waals surface area contributed by atoms with Crippen molar-refractivity contribution in [2.75, 3.05) is 0 Å². The minimum absolute atomic E-state index is 0. The van der Waals surface area contributed by atoms with E-state index in [4.69, 9.17) is 0 Å². The van der Waals surface area contributed by atoms with E-state index in [1.54, 1.807) is 6.07 Å². The van der Waals surface area contributed by atoms with Gasteiger partial charge in [-0.15, -0.1) is 0 Å². The van der Waals surface area contributed by atoms with Crippen LogP contribution in [-0.4, -0.2) is 13.0 Å². The Balaban J connectivity index is 0.00000420. The largest absolute Gasteiger partial charge is 1.00 e. The third-order valence-electron chi connectivity index (χ3n) is 5.51. The molecule has 0 amide bonds. The molecule has 156 valence electrons. The van der Waals surface area contributed by atoms with Crippen molar-refractivity contribution >= 4 is 20.9 Å². The predicted octanol–water partition coefficient (Wildman–Crippen LogP) is 3.99. The second-order valence-electron chi connectivity index (χ2n) is 7.90. The Morgan fingerprint density at radius 3 is 1.83 bits per heavy atom. The number of benzene rings is 2. The molecule has 0 aliphatic carbocycles. The van der Waals surface area contributed by atoms with Crippen LogP contribution < -0.4 is 51.4 Å². The molecule has 29 heavy (non-hydrogen) atoms. The van der Waals surface area contributed by atoms with Crippen molar-refractivity contribution in [2.45, 2.75) is 95.3 Å². The van der Waals surface area contributed by atoms with Crippen LogP contribution in [0.1, 0.15) is 89.5 Å². The van der Waals surface area contributed by atoms with Crippen LogP contribution in [0.3, 0.4) is 0 Å². The van der Waals surface area contributed by atoms with E-state index in [-0.39, 0.29) is 56.3 Å². The number of hydrogen-bond acceptors (Lipinski definition) is 3. The van der Waals surface area contributed by atoms with Crippen LogP contribution in [0.2, 0.25) is 0 Å². The van der Waals surface area contributed by atoms with Gasteiger partial charge >= 0.3 is 51.4 Å². The summed E-state index contributed by atoms with van der Waals surface area (Å²) in [5.41, 5.74) is 0.972. The van der Waals surface area contributed by atoms with Crippen molar-refractivity contribution in [1.29, 1.82) is 0 Å². The first-order valence-electron chi connectivity index (χ1n) is 11.0. The van der Waals surface area contributed by atoms with E-state index in [0.717, 1.165) is 35.6 Å². The summed E-state index contributed by atoms with van der Waals surface area (Å²) in [6.45, 7) is 2.25. The van der Waals surface area contributed by atoms with Gasteiger partial charge in [0.05, 0.1) is 4.90 Å². The first-order chi connectivity index (χ1) is 13.5. The normalized spacial score (nSPS) is 11.5. The Bertz CT molecular complexity index is 818. The van der Waals surface area contributed by atoms with Crippen LogP contribution in [0.4, 0.5) is 0 Å². The molecule has 0 spiro atoms. The van der Waals surface area contributed by atoms with Crippen molar-refractivity contribution < 1.29 is 64.4 Å². The molecule has 0 aliphatic rings. The minimum Gasteiger partial charge on any atom is -0.744 e. The van der Waals surface area contributed by atoms with Crippen LogP contribution in [0.15, 0.2) is 41.3 Å². The Kier molecular flexibility index (Phi) is 14.2. The standard InChI is InChI=1S/C24H36O3S.K/c1-2-3-4-5-6-7-8-9-10-11-12-13-16-21-19-23(28(25,26)27)20-22-17-14-15-18-24(21)22;/h14-15,17-20H,2-13,16H2,1H3,(H,25,26,27);/q;+1/p-1. The molecule has 0 bridgehead atoms. The van der Waals surface area contributed by atoms with Crippen molar-refractivity contribution in [1.82, 2.24) is 0 Å². The molecule has 0 heterocycles. The van der Waals surface area contributed by atoms with E-state index in [0.29, 0.717) is 0 Å². The van der Waals surface area contributed by atoms with Gasteiger partial charge in [-0.2, -0.15) is 0 Å². The van der Waals surface area contributed by atoms with E-state index in [2.05, 4.69) is 6.92 Å². The third-order valence-corrected chi connectivity index (χ3v) is 6.32. The van der Waals surface area contributed by atoms with Gasteiger partial charge < -0.3 is 4.55 Å². The minimum atomic E-state index is -4.42. The Morgan fingerprint density at radius 1 is 0.759 bits per heavy atom. The van der Waals surface area contributed by atoms with E-state index >= 15 is 0 Å². The summed E-state index contributed by atoms with van der Waals surface area (Å²) in [4.78, 5) is -0.111. The molecule has 2 rings (SSSR count). The molecule has 5 heteroatoms. The fraction of sp³-hybridized carbons (Fsp3) is 0.583. The first kappa shape index (κ1) is 27.3. The molecule has 0 unspecified atom stereocenters. The summed E-state index contributed by atoms with van der Waals surface area (Å²) in [5, 5.41) is 1.88. The maximum absolute atomic E-state index is 11.4. The van der Waals surface area contributed by atoms with Gasteiger partial charge in [0.25, 0.3) is 0 Å².